The smallest absolute Gasteiger partial charge is 0.359 e. The normalized spacial score (nSPS) is 11.9. The molecule has 0 saturated carbocycles. The Balaban J connectivity index is 1.45. The molecule has 1 atom stereocenters. The molecular weight excluding hydrogens is 330 g/mol. The van der Waals surface area contributed by atoms with E-state index in [1.165, 1.54) is 5.56 Å². The van der Waals surface area contributed by atoms with Crippen molar-refractivity contribution in [3.8, 4) is 0 Å². The van der Waals surface area contributed by atoms with Gasteiger partial charge in [0.15, 0.2) is 12.3 Å². The van der Waals surface area contributed by atoms with Crippen molar-refractivity contribution in [3.63, 3.8) is 0 Å². The summed E-state index contributed by atoms with van der Waals surface area (Å²) in [5.74, 6) is -0.937. The Morgan fingerprint density at radius 3 is 2.65 bits per heavy atom. The summed E-state index contributed by atoms with van der Waals surface area (Å²) in [5.41, 5.74) is 2.16. The number of hydrogen-bond donors (Lipinski definition) is 2. The van der Waals surface area contributed by atoms with E-state index in [1.54, 1.807) is 6.07 Å². The van der Waals surface area contributed by atoms with E-state index >= 15 is 0 Å². The molecule has 0 unspecified atom stereocenters. The number of H-pyrrole nitrogens is 1. The fourth-order valence-corrected chi connectivity index (χ4v) is 2.74. The lowest BCUT2D eigenvalue weighted by Crippen LogP contribution is -2.36. The van der Waals surface area contributed by atoms with Crippen LogP contribution in [0.1, 0.15) is 29.4 Å². The van der Waals surface area contributed by atoms with E-state index in [2.05, 4.69) is 27.6 Å². The number of esters is 1. The van der Waals surface area contributed by atoms with Crippen LogP contribution in [0.15, 0.2) is 54.6 Å². The second-order valence-electron chi connectivity index (χ2n) is 6.19. The molecule has 3 aromatic rings. The van der Waals surface area contributed by atoms with Crippen molar-refractivity contribution in [2.45, 2.75) is 25.8 Å². The number of carbonyl (C=O) groups is 2. The Bertz CT molecular complexity index is 889. The van der Waals surface area contributed by atoms with Gasteiger partial charge in [0.25, 0.3) is 5.91 Å². The van der Waals surface area contributed by atoms with E-state index in [9.17, 15) is 9.59 Å². The van der Waals surface area contributed by atoms with E-state index in [0.29, 0.717) is 5.39 Å². The zero-order valence-corrected chi connectivity index (χ0v) is 14.6. The summed E-state index contributed by atoms with van der Waals surface area (Å²) in [6, 6.07) is 17.3. The third kappa shape index (κ3) is 4.47. The van der Waals surface area contributed by atoms with Gasteiger partial charge in [-0.2, -0.15) is 5.10 Å². The summed E-state index contributed by atoms with van der Waals surface area (Å²) in [6.45, 7) is 1.61. The number of carbonyl (C=O) groups excluding carboxylic acids is 2. The van der Waals surface area contributed by atoms with Crippen molar-refractivity contribution in [3.05, 3.63) is 65.9 Å². The fraction of sp³-hybridized carbons (Fsp3) is 0.250. The van der Waals surface area contributed by atoms with Crippen LogP contribution in [0.2, 0.25) is 0 Å². The summed E-state index contributed by atoms with van der Waals surface area (Å²) >= 11 is 0. The fourth-order valence-electron chi connectivity index (χ4n) is 2.74. The maximum absolute atomic E-state index is 12.1. The van der Waals surface area contributed by atoms with Gasteiger partial charge in [-0.25, -0.2) is 4.79 Å². The average Bonchev–Trinajstić information content (AvgIpc) is 3.09. The van der Waals surface area contributed by atoms with Gasteiger partial charge in [0.05, 0.1) is 5.52 Å². The van der Waals surface area contributed by atoms with E-state index in [4.69, 9.17) is 4.74 Å². The SMILES string of the molecule is C[C@@H](CCc1ccccc1)NC(=O)COC(=O)c1n[nH]c2ccccc12. The van der Waals surface area contributed by atoms with Gasteiger partial charge in [0, 0.05) is 11.4 Å². The molecule has 0 aliphatic carbocycles. The van der Waals surface area contributed by atoms with Gasteiger partial charge in [-0.05, 0) is 31.4 Å². The standard InChI is InChI=1S/C20H21N3O3/c1-14(11-12-15-7-3-2-4-8-15)21-18(24)13-26-20(25)19-16-9-5-6-10-17(16)22-23-19/h2-10,14H,11-13H2,1H3,(H,21,24)(H,22,23)/t14-/m0/s1. The first-order valence-corrected chi connectivity index (χ1v) is 8.57. The zero-order chi connectivity index (χ0) is 18.4. The molecule has 0 radical (unpaired) electrons. The summed E-state index contributed by atoms with van der Waals surface area (Å²) in [5, 5.41) is 10.3. The van der Waals surface area contributed by atoms with Crippen LogP contribution in [-0.2, 0) is 16.0 Å². The molecule has 1 aromatic heterocycles. The van der Waals surface area contributed by atoms with Crippen molar-refractivity contribution < 1.29 is 14.3 Å². The molecule has 0 spiro atoms. The van der Waals surface area contributed by atoms with Crippen LogP contribution in [0.4, 0.5) is 0 Å². The van der Waals surface area contributed by atoms with Gasteiger partial charge >= 0.3 is 5.97 Å². The highest BCUT2D eigenvalue weighted by molar-refractivity contribution is 6.02. The van der Waals surface area contributed by atoms with Crippen LogP contribution in [0.5, 0.6) is 0 Å². The van der Waals surface area contributed by atoms with Crippen LogP contribution in [0, 0.1) is 0 Å². The first-order chi connectivity index (χ1) is 12.6. The van der Waals surface area contributed by atoms with Crippen molar-refractivity contribution in [2.24, 2.45) is 0 Å². The highest BCUT2D eigenvalue weighted by Gasteiger charge is 2.17. The molecule has 0 aliphatic heterocycles. The Morgan fingerprint density at radius 2 is 1.85 bits per heavy atom. The number of aryl methyl sites for hydroxylation is 1. The Hall–Kier alpha value is -3.15. The van der Waals surface area contributed by atoms with Crippen molar-refractivity contribution in [1.82, 2.24) is 15.5 Å². The maximum Gasteiger partial charge on any atom is 0.359 e. The van der Waals surface area contributed by atoms with Gasteiger partial charge in [0.2, 0.25) is 0 Å². The molecule has 6 heteroatoms. The number of aromatic amines is 1. The number of nitrogens with one attached hydrogen (secondary N) is 2. The molecule has 26 heavy (non-hydrogen) atoms. The third-order valence-corrected chi connectivity index (χ3v) is 4.11. The van der Waals surface area contributed by atoms with Crippen molar-refractivity contribution >= 4 is 22.8 Å². The summed E-state index contributed by atoms with van der Waals surface area (Å²) in [4.78, 5) is 24.1. The first kappa shape index (κ1) is 17.7. The van der Waals surface area contributed by atoms with Gasteiger partial charge in [-0.3, -0.25) is 9.89 Å². The topological polar surface area (TPSA) is 84.1 Å². The summed E-state index contributed by atoms with van der Waals surface area (Å²) in [7, 11) is 0. The lowest BCUT2D eigenvalue weighted by Gasteiger charge is -2.13. The Kier molecular flexibility index (Phi) is 5.63. The second kappa shape index (κ2) is 8.29. The quantitative estimate of drug-likeness (QED) is 0.641. The first-order valence-electron chi connectivity index (χ1n) is 8.57. The van der Waals surface area contributed by atoms with Gasteiger partial charge < -0.3 is 10.1 Å². The molecule has 2 aromatic carbocycles. The molecule has 0 saturated heterocycles. The van der Waals surface area contributed by atoms with Crippen LogP contribution < -0.4 is 5.32 Å². The minimum Gasteiger partial charge on any atom is -0.451 e. The number of amides is 1. The third-order valence-electron chi connectivity index (χ3n) is 4.11. The minimum atomic E-state index is -0.616. The van der Waals surface area contributed by atoms with Crippen molar-refractivity contribution in [2.75, 3.05) is 6.61 Å². The Morgan fingerprint density at radius 1 is 1.12 bits per heavy atom. The van der Waals surface area contributed by atoms with Crippen molar-refractivity contribution in [1.29, 1.82) is 0 Å². The number of aromatic nitrogens is 2. The molecular formula is C20H21N3O3. The van der Waals surface area contributed by atoms with E-state index in [1.807, 2.05) is 43.3 Å². The largest absolute Gasteiger partial charge is 0.451 e. The van der Waals surface area contributed by atoms with Crippen LogP contribution in [-0.4, -0.2) is 34.7 Å². The van der Waals surface area contributed by atoms with Gasteiger partial charge in [-0.15, -0.1) is 0 Å². The molecule has 1 heterocycles. The number of fused-ring (bicyclic) bond motifs is 1. The van der Waals surface area contributed by atoms with E-state index in [-0.39, 0.29) is 24.2 Å². The summed E-state index contributed by atoms with van der Waals surface area (Å²) < 4.78 is 5.09. The van der Waals surface area contributed by atoms with Gasteiger partial charge in [0.1, 0.15) is 0 Å². The Labute approximate surface area is 151 Å². The molecule has 134 valence electrons. The highest BCUT2D eigenvalue weighted by atomic mass is 16.5. The number of para-hydroxylation sites is 1. The molecule has 0 fully saturated rings. The number of rotatable bonds is 7. The molecule has 2 N–H and O–H groups in total. The highest BCUT2D eigenvalue weighted by Crippen LogP contribution is 2.15. The maximum atomic E-state index is 12.1. The van der Waals surface area contributed by atoms with Crippen LogP contribution in [0.3, 0.4) is 0 Å². The lowest BCUT2D eigenvalue weighted by molar-refractivity contribution is -0.124. The van der Waals surface area contributed by atoms with Crippen LogP contribution in [0.25, 0.3) is 10.9 Å². The van der Waals surface area contributed by atoms with Crippen LogP contribution >= 0.6 is 0 Å². The number of benzene rings is 2. The van der Waals surface area contributed by atoms with E-state index in [0.717, 1.165) is 18.4 Å². The average molecular weight is 351 g/mol. The lowest BCUT2D eigenvalue weighted by atomic mass is 10.1. The second-order valence-corrected chi connectivity index (χ2v) is 6.19. The minimum absolute atomic E-state index is 0.00683. The predicted molar refractivity (Wildman–Crippen MR) is 98.7 cm³/mol. The molecule has 3 rings (SSSR count). The van der Waals surface area contributed by atoms with Gasteiger partial charge in [-0.1, -0.05) is 48.5 Å². The predicted octanol–water partition coefficient (Wildman–Crippen LogP) is 2.86. The number of hydrogen-bond acceptors (Lipinski definition) is 4. The molecule has 6 nitrogen and oxygen atoms in total. The monoisotopic (exact) mass is 351 g/mol. The number of nitrogens with zero attached hydrogens (tertiary/aromatic N) is 1. The zero-order valence-electron chi connectivity index (χ0n) is 14.6. The molecule has 0 aliphatic rings. The molecule has 0 bridgehead atoms. The molecule has 1 amide bonds. The van der Waals surface area contributed by atoms with E-state index < -0.39 is 5.97 Å². The summed E-state index contributed by atoms with van der Waals surface area (Å²) in [6.07, 6.45) is 1.69. The number of ether oxygens (including phenoxy) is 1.